The molecule has 2 rings (SSSR count). The average Bonchev–Trinajstić information content (AvgIpc) is 2.82. The van der Waals surface area contributed by atoms with E-state index in [0.717, 1.165) is 0 Å². The maximum atomic E-state index is 12.3. The fourth-order valence-electron chi connectivity index (χ4n) is 2.68. The number of carbonyl (C=O) groups is 1. The Morgan fingerprint density at radius 2 is 2.00 bits per heavy atom. The van der Waals surface area contributed by atoms with E-state index in [4.69, 9.17) is 0 Å². The fraction of sp³-hybridized carbons (Fsp3) is 0.571. The summed E-state index contributed by atoms with van der Waals surface area (Å²) in [4.78, 5) is 18.2. The molecule has 1 aromatic rings. The first kappa shape index (κ1) is 16.9. The highest BCUT2D eigenvalue weighted by atomic mass is 32.2. The van der Waals surface area contributed by atoms with Crippen LogP contribution >= 0.6 is 0 Å². The summed E-state index contributed by atoms with van der Waals surface area (Å²) in [5.74, 6) is -0.137. The Hall–Kier alpha value is -1.51. The molecule has 1 fully saturated rings. The van der Waals surface area contributed by atoms with Gasteiger partial charge in [-0.3, -0.25) is 9.78 Å². The average molecular weight is 326 g/mol. The summed E-state index contributed by atoms with van der Waals surface area (Å²) in [6.07, 6.45) is 4.32. The van der Waals surface area contributed by atoms with Gasteiger partial charge in [-0.15, -0.1) is 0 Å². The Bertz CT molecular complexity index is 618. The standard InChI is InChI=1S/C14H22N4O3S/c1-17(2)8-12-9-18(22(3,20)21)10-13(12)16-14(19)11-4-6-15-7-5-11/h4-7,12-13H,8-10H2,1-3H3,(H,16,19)/t12-,13-/m1/s1. The van der Waals surface area contributed by atoms with Crippen LogP contribution in [0.5, 0.6) is 0 Å². The Morgan fingerprint density at radius 3 is 2.55 bits per heavy atom. The second kappa shape index (κ2) is 6.72. The van der Waals surface area contributed by atoms with Crippen molar-refractivity contribution in [3.63, 3.8) is 0 Å². The third kappa shape index (κ3) is 4.25. The minimum absolute atomic E-state index is 0.0653. The molecule has 2 atom stereocenters. The number of carbonyl (C=O) groups excluding carboxylic acids is 1. The molecule has 1 amide bonds. The summed E-state index contributed by atoms with van der Waals surface area (Å²) in [5.41, 5.74) is 0.524. The van der Waals surface area contributed by atoms with Crippen molar-refractivity contribution in [1.82, 2.24) is 19.5 Å². The van der Waals surface area contributed by atoms with Crippen LogP contribution in [0.4, 0.5) is 0 Å². The smallest absolute Gasteiger partial charge is 0.251 e. The van der Waals surface area contributed by atoms with Crippen LogP contribution < -0.4 is 5.32 Å². The van der Waals surface area contributed by atoms with Gasteiger partial charge >= 0.3 is 0 Å². The van der Waals surface area contributed by atoms with Crippen LogP contribution in [-0.4, -0.2) is 74.5 Å². The molecule has 0 spiro atoms. The zero-order chi connectivity index (χ0) is 16.3. The van der Waals surface area contributed by atoms with Crippen molar-refractivity contribution in [1.29, 1.82) is 0 Å². The molecule has 1 saturated heterocycles. The van der Waals surface area contributed by atoms with E-state index >= 15 is 0 Å². The van der Waals surface area contributed by atoms with Crippen molar-refractivity contribution < 1.29 is 13.2 Å². The molecule has 7 nitrogen and oxygen atoms in total. The number of nitrogens with one attached hydrogen (secondary N) is 1. The largest absolute Gasteiger partial charge is 0.348 e. The molecule has 122 valence electrons. The molecule has 0 unspecified atom stereocenters. The lowest BCUT2D eigenvalue weighted by atomic mass is 10.0. The van der Waals surface area contributed by atoms with Crippen molar-refractivity contribution in [3.8, 4) is 0 Å². The van der Waals surface area contributed by atoms with Crippen molar-refractivity contribution in [2.24, 2.45) is 5.92 Å². The zero-order valence-electron chi connectivity index (χ0n) is 13.1. The molecule has 2 heterocycles. The van der Waals surface area contributed by atoms with E-state index < -0.39 is 10.0 Å². The predicted octanol–water partition coefficient (Wildman–Crippen LogP) is -0.367. The molecule has 0 bridgehead atoms. The lowest BCUT2D eigenvalue weighted by Crippen LogP contribution is -2.43. The molecule has 1 aliphatic rings. The molecule has 0 aromatic carbocycles. The van der Waals surface area contributed by atoms with Gasteiger partial charge in [-0.25, -0.2) is 8.42 Å². The number of nitrogens with zero attached hydrogens (tertiary/aromatic N) is 3. The second-order valence-corrected chi connectivity index (χ2v) is 7.90. The number of pyridine rings is 1. The van der Waals surface area contributed by atoms with Gasteiger partial charge in [0, 0.05) is 49.6 Å². The normalized spacial score (nSPS) is 22.9. The number of aromatic nitrogens is 1. The minimum Gasteiger partial charge on any atom is -0.348 e. The first-order valence-corrected chi connectivity index (χ1v) is 8.93. The number of hydrogen-bond acceptors (Lipinski definition) is 5. The SMILES string of the molecule is CN(C)C[C@@H]1CN(S(C)(=O)=O)C[C@H]1NC(=O)c1ccncc1. The maximum Gasteiger partial charge on any atom is 0.251 e. The van der Waals surface area contributed by atoms with Crippen LogP contribution in [0.2, 0.25) is 0 Å². The van der Waals surface area contributed by atoms with E-state index in [1.54, 1.807) is 24.5 Å². The van der Waals surface area contributed by atoms with E-state index in [1.807, 2.05) is 19.0 Å². The lowest BCUT2D eigenvalue weighted by Gasteiger charge is -2.22. The van der Waals surface area contributed by atoms with Gasteiger partial charge in [0.15, 0.2) is 0 Å². The number of amides is 1. The van der Waals surface area contributed by atoms with Crippen LogP contribution in [0.3, 0.4) is 0 Å². The maximum absolute atomic E-state index is 12.3. The third-order valence-electron chi connectivity index (χ3n) is 3.74. The van der Waals surface area contributed by atoms with Crippen molar-refractivity contribution in [2.75, 3.05) is 40.0 Å². The van der Waals surface area contributed by atoms with E-state index in [-0.39, 0.29) is 17.9 Å². The predicted molar refractivity (Wildman–Crippen MR) is 84.0 cm³/mol. The lowest BCUT2D eigenvalue weighted by molar-refractivity contribution is 0.0927. The van der Waals surface area contributed by atoms with Gasteiger partial charge < -0.3 is 10.2 Å². The second-order valence-electron chi connectivity index (χ2n) is 5.92. The van der Waals surface area contributed by atoms with E-state index in [2.05, 4.69) is 10.3 Å². The van der Waals surface area contributed by atoms with Crippen LogP contribution in [-0.2, 0) is 10.0 Å². The van der Waals surface area contributed by atoms with Gasteiger partial charge in [0.1, 0.15) is 0 Å². The van der Waals surface area contributed by atoms with Gasteiger partial charge in [0.2, 0.25) is 10.0 Å². The Labute approximate surface area is 131 Å². The molecule has 0 radical (unpaired) electrons. The molecule has 1 N–H and O–H groups in total. The summed E-state index contributed by atoms with van der Waals surface area (Å²) in [7, 11) is 0.620. The first-order valence-electron chi connectivity index (χ1n) is 7.08. The van der Waals surface area contributed by atoms with Crippen LogP contribution in [0.1, 0.15) is 10.4 Å². The van der Waals surface area contributed by atoms with Crippen molar-refractivity contribution in [2.45, 2.75) is 6.04 Å². The summed E-state index contributed by atoms with van der Waals surface area (Å²) in [6, 6.07) is 3.08. The molecule has 1 aromatic heterocycles. The highest BCUT2D eigenvalue weighted by Gasteiger charge is 2.38. The number of hydrogen-bond donors (Lipinski definition) is 1. The summed E-state index contributed by atoms with van der Waals surface area (Å²) >= 11 is 0. The van der Waals surface area contributed by atoms with Crippen molar-refractivity contribution >= 4 is 15.9 Å². The summed E-state index contributed by atoms with van der Waals surface area (Å²) in [5, 5.41) is 2.95. The van der Waals surface area contributed by atoms with Gasteiger partial charge in [-0.2, -0.15) is 4.31 Å². The van der Waals surface area contributed by atoms with Gasteiger partial charge in [-0.05, 0) is 26.2 Å². The molecule has 1 aliphatic heterocycles. The Balaban J connectivity index is 2.10. The van der Waals surface area contributed by atoms with E-state index in [1.165, 1.54) is 10.6 Å². The third-order valence-corrected chi connectivity index (χ3v) is 4.97. The van der Waals surface area contributed by atoms with Gasteiger partial charge in [-0.1, -0.05) is 0 Å². The summed E-state index contributed by atoms with van der Waals surface area (Å²) < 4.78 is 24.9. The van der Waals surface area contributed by atoms with Gasteiger partial charge in [0.25, 0.3) is 5.91 Å². The highest BCUT2D eigenvalue weighted by molar-refractivity contribution is 7.88. The molecule has 22 heavy (non-hydrogen) atoms. The molecule has 0 saturated carbocycles. The summed E-state index contributed by atoms with van der Waals surface area (Å²) in [6.45, 7) is 1.46. The quantitative estimate of drug-likeness (QED) is 0.798. The highest BCUT2D eigenvalue weighted by Crippen LogP contribution is 2.20. The number of sulfonamides is 1. The van der Waals surface area contributed by atoms with E-state index in [9.17, 15) is 13.2 Å². The first-order chi connectivity index (χ1) is 10.3. The molecule has 0 aliphatic carbocycles. The van der Waals surface area contributed by atoms with Crippen LogP contribution in [0.25, 0.3) is 0 Å². The van der Waals surface area contributed by atoms with Gasteiger partial charge in [0.05, 0.1) is 6.26 Å². The Morgan fingerprint density at radius 1 is 1.36 bits per heavy atom. The minimum atomic E-state index is -3.25. The van der Waals surface area contributed by atoms with Crippen LogP contribution in [0, 0.1) is 5.92 Å². The topological polar surface area (TPSA) is 82.6 Å². The number of rotatable bonds is 5. The van der Waals surface area contributed by atoms with E-state index in [0.29, 0.717) is 25.2 Å². The van der Waals surface area contributed by atoms with Crippen LogP contribution in [0.15, 0.2) is 24.5 Å². The zero-order valence-corrected chi connectivity index (χ0v) is 13.9. The molecular weight excluding hydrogens is 304 g/mol. The monoisotopic (exact) mass is 326 g/mol. The van der Waals surface area contributed by atoms with Crippen molar-refractivity contribution in [3.05, 3.63) is 30.1 Å². The molecule has 8 heteroatoms. The molecular formula is C14H22N4O3S. The Kier molecular flexibility index (Phi) is 5.15. The fourth-order valence-corrected chi connectivity index (χ4v) is 3.57.